The quantitative estimate of drug-likeness (QED) is 0.559. The van der Waals surface area contributed by atoms with Crippen LogP contribution in [-0.4, -0.2) is 16.4 Å². The van der Waals surface area contributed by atoms with Crippen molar-refractivity contribution in [3.63, 3.8) is 0 Å². The Morgan fingerprint density at radius 1 is 1.21 bits per heavy atom. The fraction of sp³-hybridized carbons (Fsp3) is 1.00. The van der Waals surface area contributed by atoms with Gasteiger partial charge in [-0.25, -0.2) is 4.57 Å². The van der Waals surface area contributed by atoms with Gasteiger partial charge in [-0.05, 0) is 12.3 Å². The minimum atomic E-state index is -4.23. The number of hydrogen-bond acceptors (Lipinski definition) is 2. The van der Waals surface area contributed by atoms with Gasteiger partial charge >= 0.3 is 7.82 Å². The minimum Gasteiger partial charge on any atom is -0.303 e. The summed E-state index contributed by atoms with van der Waals surface area (Å²) in [6.07, 6.45) is 3.95. The van der Waals surface area contributed by atoms with Crippen LogP contribution in [0.25, 0.3) is 0 Å². The van der Waals surface area contributed by atoms with Gasteiger partial charge in [0.2, 0.25) is 0 Å². The summed E-state index contributed by atoms with van der Waals surface area (Å²) in [6.45, 7) is 4.47. The summed E-state index contributed by atoms with van der Waals surface area (Å²) in [7, 11) is -4.23. The van der Waals surface area contributed by atoms with Gasteiger partial charge in [0, 0.05) is 26.2 Å². The van der Waals surface area contributed by atoms with Crippen LogP contribution in [0.4, 0.5) is 0 Å². The van der Waals surface area contributed by atoms with E-state index in [0.717, 1.165) is 25.7 Å². The molecule has 0 saturated carbocycles. The molecule has 0 aliphatic heterocycles. The van der Waals surface area contributed by atoms with Crippen molar-refractivity contribution in [2.75, 3.05) is 6.61 Å². The first-order valence-electron chi connectivity index (χ1n) is 4.62. The maximum absolute atomic E-state index is 10.2. The van der Waals surface area contributed by atoms with Crippen LogP contribution in [0.15, 0.2) is 0 Å². The summed E-state index contributed by atoms with van der Waals surface area (Å²) in [6, 6.07) is 0. The molecule has 0 aliphatic carbocycles. The fourth-order valence-corrected chi connectivity index (χ4v) is 1.38. The monoisotopic (exact) mass is 300 g/mol. The zero-order chi connectivity index (χ0) is 10.3. The third kappa shape index (κ3) is 15.5. The van der Waals surface area contributed by atoms with Crippen LogP contribution in [0.5, 0.6) is 0 Å². The first-order valence-corrected chi connectivity index (χ1v) is 6.15. The topological polar surface area (TPSA) is 66.8 Å². The van der Waals surface area contributed by atoms with Crippen LogP contribution in [0.3, 0.4) is 0 Å². The second-order valence-electron chi connectivity index (χ2n) is 3.57. The van der Waals surface area contributed by atoms with Gasteiger partial charge in [0.15, 0.2) is 0 Å². The number of hydrogen-bond donors (Lipinski definition) is 2. The van der Waals surface area contributed by atoms with Gasteiger partial charge in [-0.3, -0.25) is 4.52 Å². The van der Waals surface area contributed by atoms with Crippen molar-refractivity contribution in [2.24, 2.45) is 5.92 Å². The smallest absolute Gasteiger partial charge is 0.303 e. The molecule has 0 aromatic heterocycles. The molecule has 0 aliphatic rings. The maximum atomic E-state index is 10.2. The third-order valence-electron chi connectivity index (χ3n) is 1.69. The van der Waals surface area contributed by atoms with E-state index >= 15 is 0 Å². The third-order valence-corrected chi connectivity index (χ3v) is 2.20. The van der Waals surface area contributed by atoms with Crippen LogP contribution in [-0.2, 0) is 35.3 Å². The van der Waals surface area contributed by atoms with Crippen molar-refractivity contribution in [2.45, 2.75) is 39.5 Å². The molecule has 4 nitrogen and oxygen atoms in total. The molecule has 84 valence electrons. The summed E-state index contributed by atoms with van der Waals surface area (Å²) in [5, 5.41) is 0. The first-order chi connectivity index (χ1) is 5.92. The predicted molar refractivity (Wildman–Crippen MR) is 51.3 cm³/mol. The molecule has 14 heavy (non-hydrogen) atoms. The molecule has 0 aromatic rings. The van der Waals surface area contributed by atoms with Gasteiger partial charge < -0.3 is 9.79 Å². The minimum absolute atomic E-state index is 0. The van der Waals surface area contributed by atoms with Crippen molar-refractivity contribution in [1.82, 2.24) is 0 Å². The van der Waals surface area contributed by atoms with Gasteiger partial charge in [0.1, 0.15) is 0 Å². The van der Waals surface area contributed by atoms with E-state index in [0.29, 0.717) is 5.92 Å². The van der Waals surface area contributed by atoms with Gasteiger partial charge in [-0.15, -0.1) is 0 Å². The molecule has 6 heteroatoms. The first kappa shape index (κ1) is 17.4. The summed E-state index contributed by atoms with van der Waals surface area (Å²) in [4.78, 5) is 16.7. The van der Waals surface area contributed by atoms with E-state index in [1.165, 1.54) is 0 Å². The summed E-state index contributed by atoms with van der Waals surface area (Å²) in [5.41, 5.74) is 0. The Hall–Kier alpha value is 0.993. The van der Waals surface area contributed by atoms with Gasteiger partial charge in [0.05, 0.1) is 6.61 Å². The molecule has 0 heterocycles. The zero-order valence-electron chi connectivity index (χ0n) is 8.77. The molecule has 0 amide bonds. The molecular formula is C8H19O4PZr. The van der Waals surface area contributed by atoms with Crippen molar-refractivity contribution < 1.29 is 45.1 Å². The standard InChI is InChI=1S/C8H19O4P.Zr/c1-8(2)6-4-3-5-7-12-13(9,10)11;/h8H,3-7H2,1-2H3,(H2,9,10,11);. The summed E-state index contributed by atoms with van der Waals surface area (Å²) in [5.74, 6) is 0.697. The Labute approximate surface area is 105 Å². The zero-order valence-corrected chi connectivity index (χ0v) is 12.1. The van der Waals surface area contributed by atoms with Crippen LogP contribution in [0.2, 0.25) is 0 Å². The van der Waals surface area contributed by atoms with E-state index in [9.17, 15) is 4.57 Å². The number of phosphoric acid groups is 1. The van der Waals surface area contributed by atoms with Crippen molar-refractivity contribution >= 4 is 7.82 Å². The number of rotatable bonds is 7. The van der Waals surface area contributed by atoms with E-state index in [1.807, 2.05) is 0 Å². The Kier molecular flexibility index (Phi) is 11.5. The fourth-order valence-electron chi connectivity index (χ4n) is 1.01. The van der Waals surface area contributed by atoms with Crippen LogP contribution >= 0.6 is 7.82 Å². The van der Waals surface area contributed by atoms with E-state index in [2.05, 4.69) is 18.4 Å². The molecule has 0 radical (unpaired) electrons. The molecule has 0 bridgehead atoms. The molecule has 0 saturated heterocycles. The SMILES string of the molecule is CC(C)CCCCCOP(=O)(O)O.[Zr]. The van der Waals surface area contributed by atoms with E-state index < -0.39 is 7.82 Å². The average molecular weight is 301 g/mol. The molecule has 0 rings (SSSR count). The molecule has 0 spiro atoms. The molecule has 0 unspecified atom stereocenters. The second-order valence-corrected chi connectivity index (χ2v) is 4.81. The van der Waals surface area contributed by atoms with Crippen LogP contribution in [0, 0.1) is 5.92 Å². The molecule has 0 aromatic carbocycles. The van der Waals surface area contributed by atoms with Gasteiger partial charge in [-0.2, -0.15) is 0 Å². The molecule has 0 fully saturated rings. The van der Waals surface area contributed by atoms with Crippen molar-refractivity contribution in [3.05, 3.63) is 0 Å². The summed E-state index contributed by atoms with van der Waals surface area (Å²) < 4.78 is 14.5. The van der Waals surface area contributed by atoms with Crippen LogP contribution in [0.1, 0.15) is 39.5 Å². The normalized spacial score (nSPS) is 11.5. The van der Waals surface area contributed by atoms with Crippen molar-refractivity contribution in [3.8, 4) is 0 Å². The Morgan fingerprint density at radius 3 is 2.21 bits per heavy atom. The summed E-state index contributed by atoms with van der Waals surface area (Å²) >= 11 is 0. The van der Waals surface area contributed by atoms with E-state index in [-0.39, 0.29) is 32.8 Å². The largest absolute Gasteiger partial charge is 0.469 e. The second kappa shape index (κ2) is 9.24. The Balaban J connectivity index is 0. The predicted octanol–water partition coefficient (Wildman–Crippen LogP) is 2.31. The number of phosphoric ester groups is 1. The Morgan fingerprint density at radius 2 is 1.79 bits per heavy atom. The van der Waals surface area contributed by atoms with Gasteiger partial charge in [-0.1, -0.05) is 33.1 Å². The van der Waals surface area contributed by atoms with Crippen LogP contribution < -0.4 is 0 Å². The Bertz CT molecular complexity index is 169. The van der Waals surface area contributed by atoms with Gasteiger partial charge in [0.25, 0.3) is 0 Å². The average Bonchev–Trinajstić information content (AvgIpc) is 1.93. The van der Waals surface area contributed by atoms with Crippen molar-refractivity contribution in [1.29, 1.82) is 0 Å². The maximum Gasteiger partial charge on any atom is 0.469 e. The molecule has 2 N–H and O–H groups in total. The number of unbranched alkanes of at least 4 members (excludes halogenated alkanes) is 2. The molecule has 0 atom stereocenters. The van der Waals surface area contributed by atoms with E-state index in [1.54, 1.807) is 0 Å². The molecular weight excluding hydrogens is 282 g/mol. The van der Waals surface area contributed by atoms with E-state index in [4.69, 9.17) is 9.79 Å².